The van der Waals surface area contributed by atoms with E-state index in [1.165, 1.54) is 76.0 Å². The zero-order valence-electron chi connectivity index (χ0n) is 28.0. The number of benzene rings is 7. The van der Waals surface area contributed by atoms with Crippen molar-refractivity contribution in [3.63, 3.8) is 0 Å². The molecule has 9 aromatic rings. The monoisotopic (exact) mass is 658 g/mol. The van der Waals surface area contributed by atoms with Crippen LogP contribution in [0, 0.1) is 0 Å². The van der Waals surface area contributed by atoms with Gasteiger partial charge in [-0.1, -0.05) is 111 Å². The molecular weight excluding hydrogens is 625 g/mol. The summed E-state index contributed by atoms with van der Waals surface area (Å²) >= 11 is 1.83. The second-order valence-electron chi connectivity index (χ2n) is 13.8. The molecule has 2 aromatic heterocycles. The molecule has 0 N–H and O–H groups in total. The Hall–Kier alpha value is -5.90. The van der Waals surface area contributed by atoms with E-state index in [-0.39, 0.29) is 5.41 Å². The normalized spacial score (nSPS) is 13.2. The summed E-state index contributed by atoms with van der Waals surface area (Å²) < 4.78 is 3.74. The van der Waals surface area contributed by atoms with Crippen molar-refractivity contribution in [1.82, 2.24) is 4.57 Å². The third-order valence-electron chi connectivity index (χ3n) is 10.6. The van der Waals surface area contributed by atoms with Crippen LogP contribution in [0.5, 0.6) is 0 Å². The van der Waals surface area contributed by atoms with E-state index in [4.69, 9.17) is 0 Å². The van der Waals surface area contributed by atoms with E-state index in [9.17, 15) is 0 Å². The maximum atomic E-state index is 2.46. The average molecular weight is 659 g/mol. The fourth-order valence-corrected chi connectivity index (χ4v) is 9.21. The SMILES string of the molecule is CC1(C)c2ccccc2-c2cc3c4cc(-c5ccc(N(c6ccccc6)c6cc7ccccc7s6)cc5)ccc4n(-c4ccccc4)c3cc21. The predicted molar refractivity (Wildman–Crippen MR) is 214 cm³/mol. The molecule has 238 valence electrons. The number of aromatic nitrogens is 1. The summed E-state index contributed by atoms with van der Waals surface area (Å²) in [6, 6.07) is 62.3. The van der Waals surface area contributed by atoms with Gasteiger partial charge in [0, 0.05) is 37.9 Å². The quantitative estimate of drug-likeness (QED) is 0.179. The van der Waals surface area contributed by atoms with E-state index < -0.39 is 0 Å². The van der Waals surface area contributed by atoms with Crippen molar-refractivity contribution in [1.29, 1.82) is 0 Å². The fraction of sp³-hybridized carbons (Fsp3) is 0.0638. The second kappa shape index (κ2) is 11.1. The van der Waals surface area contributed by atoms with Crippen molar-refractivity contribution in [3.8, 4) is 27.9 Å². The van der Waals surface area contributed by atoms with Crippen LogP contribution in [-0.4, -0.2) is 4.57 Å². The molecule has 1 aliphatic carbocycles. The van der Waals surface area contributed by atoms with Gasteiger partial charge in [0.15, 0.2) is 0 Å². The molecule has 0 amide bonds. The Morgan fingerprint density at radius 2 is 1.16 bits per heavy atom. The molecule has 0 aliphatic heterocycles. The molecule has 0 radical (unpaired) electrons. The molecule has 0 saturated heterocycles. The van der Waals surface area contributed by atoms with Crippen LogP contribution in [0.3, 0.4) is 0 Å². The maximum Gasteiger partial charge on any atom is 0.101 e. The van der Waals surface area contributed by atoms with Gasteiger partial charge in [0.1, 0.15) is 5.00 Å². The van der Waals surface area contributed by atoms with Gasteiger partial charge in [0.05, 0.1) is 11.0 Å². The lowest BCUT2D eigenvalue weighted by atomic mass is 9.82. The second-order valence-corrected chi connectivity index (χ2v) is 14.9. The van der Waals surface area contributed by atoms with Gasteiger partial charge in [-0.25, -0.2) is 0 Å². The number of thiophene rings is 1. The summed E-state index contributed by atoms with van der Waals surface area (Å²) in [6.45, 7) is 4.72. The summed E-state index contributed by atoms with van der Waals surface area (Å²) in [4.78, 5) is 2.37. The highest BCUT2D eigenvalue weighted by atomic mass is 32.1. The zero-order valence-corrected chi connectivity index (χ0v) is 28.8. The van der Waals surface area contributed by atoms with Gasteiger partial charge in [-0.3, -0.25) is 0 Å². The van der Waals surface area contributed by atoms with Crippen LogP contribution in [-0.2, 0) is 5.41 Å². The number of para-hydroxylation sites is 2. The van der Waals surface area contributed by atoms with Crippen molar-refractivity contribution in [2.75, 3.05) is 4.90 Å². The molecule has 10 rings (SSSR count). The van der Waals surface area contributed by atoms with E-state index in [1.54, 1.807) is 0 Å². The Kier molecular flexibility index (Phi) is 6.43. The standard InChI is InChI=1S/C47H34N2S/c1-47(2)41-19-11-10-18-37(41)38-29-40-39-27-32(23-26-43(39)49(44(40)30-42(38)47)35-16-7-4-8-17-35)31-21-24-36(25-22-31)48(34-14-5-3-6-15-34)46-28-33-13-9-12-20-45(33)50-46/h3-30H,1-2H3. The molecule has 0 unspecified atom stereocenters. The average Bonchev–Trinajstić information content (AvgIpc) is 3.80. The minimum atomic E-state index is -0.0610. The van der Waals surface area contributed by atoms with Crippen LogP contribution < -0.4 is 4.90 Å². The van der Waals surface area contributed by atoms with Gasteiger partial charge in [-0.15, -0.1) is 11.3 Å². The van der Waals surface area contributed by atoms with Gasteiger partial charge >= 0.3 is 0 Å². The molecule has 2 heterocycles. The molecule has 1 aliphatic rings. The Morgan fingerprint density at radius 1 is 0.500 bits per heavy atom. The molecule has 2 nitrogen and oxygen atoms in total. The largest absolute Gasteiger partial charge is 0.309 e. The van der Waals surface area contributed by atoms with Gasteiger partial charge < -0.3 is 9.47 Å². The fourth-order valence-electron chi connectivity index (χ4n) is 8.11. The molecule has 0 saturated carbocycles. The van der Waals surface area contributed by atoms with Crippen LogP contribution in [0.4, 0.5) is 16.4 Å². The first-order chi connectivity index (χ1) is 24.5. The van der Waals surface area contributed by atoms with E-state index >= 15 is 0 Å². The Balaban J connectivity index is 1.12. The molecule has 50 heavy (non-hydrogen) atoms. The van der Waals surface area contributed by atoms with E-state index in [1.807, 2.05) is 11.3 Å². The first kappa shape index (κ1) is 29.1. The van der Waals surface area contributed by atoms with Gasteiger partial charge in [0.2, 0.25) is 0 Å². The molecule has 0 spiro atoms. The summed E-state index contributed by atoms with van der Waals surface area (Å²) in [7, 11) is 0. The highest BCUT2D eigenvalue weighted by Crippen LogP contribution is 2.51. The summed E-state index contributed by atoms with van der Waals surface area (Å²) in [5.41, 5.74) is 13.8. The zero-order chi connectivity index (χ0) is 33.4. The lowest BCUT2D eigenvalue weighted by Gasteiger charge is -2.23. The van der Waals surface area contributed by atoms with Crippen LogP contribution in [0.25, 0.3) is 59.8 Å². The third-order valence-corrected chi connectivity index (χ3v) is 11.7. The van der Waals surface area contributed by atoms with Crippen LogP contribution >= 0.6 is 11.3 Å². The number of fused-ring (bicyclic) bond motifs is 7. The Labute approximate surface area is 296 Å². The summed E-state index contributed by atoms with van der Waals surface area (Å²) in [5, 5.41) is 5.03. The lowest BCUT2D eigenvalue weighted by Crippen LogP contribution is -2.14. The van der Waals surface area contributed by atoms with Crippen molar-refractivity contribution in [3.05, 3.63) is 181 Å². The highest BCUT2D eigenvalue weighted by Gasteiger charge is 2.36. The predicted octanol–water partition coefficient (Wildman–Crippen LogP) is 13.4. The first-order valence-corrected chi connectivity index (χ1v) is 18.1. The van der Waals surface area contributed by atoms with Gasteiger partial charge in [0.25, 0.3) is 0 Å². The molecule has 0 atom stereocenters. The van der Waals surface area contributed by atoms with Crippen molar-refractivity contribution < 1.29 is 0 Å². The highest BCUT2D eigenvalue weighted by molar-refractivity contribution is 7.23. The first-order valence-electron chi connectivity index (χ1n) is 17.3. The summed E-state index contributed by atoms with van der Waals surface area (Å²) in [6.07, 6.45) is 0. The summed E-state index contributed by atoms with van der Waals surface area (Å²) in [5.74, 6) is 0. The molecular formula is C47H34N2S. The maximum absolute atomic E-state index is 2.46. The molecule has 3 heteroatoms. The van der Waals surface area contributed by atoms with E-state index in [0.29, 0.717) is 0 Å². The minimum absolute atomic E-state index is 0.0610. The van der Waals surface area contributed by atoms with Crippen molar-refractivity contribution >= 4 is 59.6 Å². The Morgan fingerprint density at radius 3 is 1.96 bits per heavy atom. The number of anilines is 3. The Bertz CT molecular complexity index is 2680. The molecule has 0 bridgehead atoms. The lowest BCUT2D eigenvalue weighted by molar-refractivity contribution is 0.661. The third kappa shape index (κ3) is 4.40. The van der Waals surface area contributed by atoms with Crippen molar-refractivity contribution in [2.24, 2.45) is 0 Å². The van der Waals surface area contributed by atoms with Crippen LogP contribution in [0.1, 0.15) is 25.0 Å². The van der Waals surface area contributed by atoms with Gasteiger partial charge in [-0.2, -0.15) is 0 Å². The number of rotatable bonds is 5. The number of hydrogen-bond donors (Lipinski definition) is 0. The van der Waals surface area contributed by atoms with Crippen molar-refractivity contribution in [2.45, 2.75) is 19.3 Å². The molecule has 7 aromatic carbocycles. The molecule has 0 fully saturated rings. The number of nitrogens with zero attached hydrogens (tertiary/aromatic N) is 2. The van der Waals surface area contributed by atoms with Gasteiger partial charge in [-0.05, 0) is 112 Å². The minimum Gasteiger partial charge on any atom is -0.309 e. The van der Waals surface area contributed by atoms with Crippen LogP contribution in [0.15, 0.2) is 170 Å². The smallest absolute Gasteiger partial charge is 0.101 e. The van der Waals surface area contributed by atoms with E-state index in [2.05, 4.69) is 193 Å². The van der Waals surface area contributed by atoms with Crippen LogP contribution in [0.2, 0.25) is 0 Å². The topological polar surface area (TPSA) is 8.17 Å². The number of hydrogen-bond acceptors (Lipinski definition) is 2. The van der Waals surface area contributed by atoms with E-state index in [0.717, 1.165) is 11.4 Å².